The second-order valence-electron chi connectivity index (χ2n) is 2.17. The summed E-state index contributed by atoms with van der Waals surface area (Å²) in [4.78, 5) is 3.78. The zero-order chi connectivity index (χ0) is 7.90. The Labute approximate surface area is 65.2 Å². The third-order valence-electron chi connectivity index (χ3n) is 1.36. The summed E-state index contributed by atoms with van der Waals surface area (Å²) >= 11 is 0. The lowest BCUT2D eigenvalue weighted by Gasteiger charge is -2.12. The van der Waals surface area contributed by atoms with Crippen LogP contribution in [0.2, 0.25) is 0 Å². The summed E-state index contributed by atoms with van der Waals surface area (Å²) in [6.45, 7) is 1.78. The molecule has 11 heavy (non-hydrogen) atoms. The molecule has 1 aliphatic heterocycles. The number of aromatic nitrogens is 1. The van der Waals surface area contributed by atoms with Gasteiger partial charge in [-0.1, -0.05) is 10.8 Å². The van der Waals surface area contributed by atoms with Crippen molar-refractivity contribution in [3.63, 3.8) is 0 Å². The molecular weight excluding hydrogens is 168 g/mol. The van der Waals surface area contributed by atoms with E-state index in [9.17, 15) is 4.55 Å². The van der Waals surface area contributed by atoms with Gasteiger partial charge in [-0.25, -0.2) is 13.9 Å². The summed E-state index contributed by atoms with van der Waals surface area (Å²) in [5.41, 5.74) is -0.130. The van der Waals surface area contributed by atoms with Gasteiger partial charge in [0.15, 0.2) is 5.44 Å². The van der Waals surface area contributed by atoms with E-state index in [0.29, 0.717) is 6.01 Å². The van der Waals surface area contributed by atoms with E-state index in [0.717, 1.165) is 0 Å². The highest BCUT2D eigenvalue weighted by atomic mass is 32.3. The maximum Gasteiger partial charge on any atom is 0.313 e. The number of hydrogen-bond donors (Lipinski definition) is 2. The molecule has 0 spiro atoms. The minimum Gasteiger partial charge on any atom is -0.431 e. The Balaban J connectivity index is 2.02. The van der Waals surface area contributed by atoms with E-state index >= 15 is 0 Å². The Kier molecular flexibility index (Phi) is 1.35. The highest BCUT2D eigenvalue weighted by Gasteiger charge is 2.44. The summed E-state index contributed by atoms with van der Waals surface area (Å²) in [5, 5.41) is 0. The molecule has 2 unspecified atom stereocenters. The van der Waals surface area contributed by atoms with E-state index in [1.807, 2.05) is 0 Å². The van der Waals surface area contributed by atoms with Gasteiger partial charge in [-0.2, -0.15) is 0 Å². The molecule has 1 fully saturated rings. The van der Waals surface area contributed by atoms with Gasteiger partial charge in [0.2, 0.25) is 0 Å². The SMILES string of the molecule is CC1OS1(O)Nc1ncco1. The van der Waals surface area contributed by atoms with Gasteiger partial charge in [0.25, 0.3) is 0 Å². The van der Waals surface area contributed by atoms with Crippen molar-refractivity contribution in [1.29, 1.82) is 0 Å². The van der Waals surface area contributed by atoms with Gasteiger partial charge >= 0.3 is 6.01 Å². The van der Waals surface area contributed by atoms with Crippen molar-refractivity contribution in [2.45, 2.75) is 12.4 Å². The molecule has 1 aliphatic rings. The maximum absolute atomic E-state index is 9.42. The van der Waals surface area contributed by atoms with Gasteiger partial charge in [-0.15, -0.1) is 0 Å². The van der Waals surface area contributed by atoms with E-state index in [1.165, 1.54) is 12.5 Å². The molecular formula is C5H8N2O3S. The molecule has 2 N–H and O–H groups in total. The van der Waals surface area contributed by atoms with Crippen molar-refractivity contribution in [3.05, 3.63) is 12.5 Å². The van der Waals surface area contributed by atoms with Crippen LogP contribution in [-0.4, -0.2) is 15.0 Å². The van der Waals surface area contributed by atoms with Gasteiger partial charge < -0.3 is 4.42 Å². The predicted octanol–water partition coefficient (Wildman–Crippen LogP) is 1.57. The van der Waals surface area contributed by atoms with E-state index in [4.69, 9.17) is 8.60 Å². The van der Waals surface area contributed by atoms with Crippen LogP contribution in [0.25, 0.3) is 0 Å². The molecule has 2 rings (SSSR count). The molecule has 0 bridgehead atoms. The Bertz CT molecular complexity index is 252. The second-order valence-corrected chi connectivity index (χ2v) is 4.37. The van der Waals surface area contributed by atoms with Crippen molar-refractivity contribution in [3.8, 4) is 0 Å². The van der Waals surface area contributed by atoms with Crippen LogP contribution >= 0.6 is 10.8 Å². The first-order chi connectivity index (χ1) is 5.21. The topological polar surface area (TPSA) is 70.8 Å². The highest BCUT2D eigenvalue weighted by molar-refractivity contribution is 8.31. The molecule has 2 atom stereocenters. The number of oxazole rings is 1. The van der Waals surface area contributed by atoms with Gasteiger partial charge in [0, 0.05) is 0 Å². The van der Waals surface area contributed by atoms with Crippen molar-refractivity contribution in [1.82, 2.24) is 4.98 Å². The molecule has 1 saturated heterocycles. The van der Waals surface area contributed by atoms with Crippen molar-refractivity contribution >= 4 is 16.8 Å². The van der Waals surface area contributed by atoms with E-state index in [-0.39, 0.29) is 5.44 Å². The molecule has 1 aromatic rings. The lowest BCUT2D eigenvalue weighted by molar-refractivity contribution is 0.464. The lowest BCUT2D eigenvalue weighted by atomic mass is 10.9. The van der Waals surface area contributed by atoms with Crippen LogP contribution < -0.4 is 4.72 Å². The molecule has 6 heteroatoms. The molecule has 0 aliphatic carbocycles. The average Bonchev–Trinajstić information content (AvgIpc) is 2.43. The molecule has 0 aromatic carbocycles. The zero-order valence-electron chi connectivity index (χ0n) is 5.85. The maximum atomic E-state index is 9.42. The van der Waals surface area contributed by atoms with Crippen molar-refractivity contribution < 1.29 is 13.2 Å². The average molecular weight is 176 g/mol. The Hall–Kier alpha value is -0.720. The van der Waals surface area contributed by atoms with Crippen LogP contribution in [0.5, 0.6) is 0 Å². The van der Waals surface area contributed by atoms with Crippen LogP contribution in [0, 0.1) is 0 Å². The fraction of sp³-hybridized carbons (Fsp3) is 0.400. The summed E-state index contributed by atoms with van der Waals surface area (Å²) < 4.78 is 21.8. The van der Waals surface area contributed by atoms with E-state index in [2.05, 4.69) is 9.71 Å². The van der Waals surface area contributed by atoms with Crippen LogP contribution in [0.1, 0.15) is 6.92 Å². The van der Waals surface area contributed by atoms with Gasteiger partial charge in [-0.3, -0.25) is 4.55 Å². The third-order valence-corrected chi connectivity index (χ3v) is 3.22. The summed E-state index contributed by atoms with van der Waals surface area (Å²) in [7, 11) is -2.08. The first-order valence-corrected chi connectivity index (χ1v) is 4.69. The first-order valence-electron chi connectivity index (χ1n) is 3.11. The second kappa shape index (κ2) is 2.13. The summed E-state index contributed by atoms with van der Waals surface area (Å²) in [6.07, 6.45) is 2.93. The monoisotopic (exact) mass is 176 g/mol. The standard InChI is InChI=1S/C5H8N2O3S/c1-4-10-11(4,8)7-5-6-2-3-9-5/h2-4,8H,1H3,(H,6,7). The number of anilines is 1. The number of nitrogens with one attached hydrogen (secondary N) is 1. The molecule has 5 nitrogen and oxygen atoms in total. The van der Waals surface area contributed by atoms with Gasteiger partial charge in [-0.05, 0) is 6.92 Å². The van der Waals surface area contributed by atoms with Crippen LogP contribution in [0.3, 0.4) is 0 Å². The summed E-state index contributed by atoms with van der Waals surface area (Å²) in [6, 6.07) is 0.298. The summed E-state index contributed by atoms with van der Waals surface area (Å²) in [5.74, 6) is 0. The van der Waals surface area contributed by atoms with Gasteiger partial charge in [0.05, 0.1) is 6.20 Å². The number of nitrogens with zero attached hydrogens (tertiary/aromatic N) is 1. The van der Waals surface area contributed by atoms with Crippen LogP contribution in [-0.2, 0) is 4.18 Å². The van der Waals surface area contributed by atoms with Crippen LogP contribution in [0.4, 0.5) is 6.01 Å². The molecule has 1 aromatic heterocycles. The van der Waals surface area contributed by atoms with Gasteiger partial charge in [0.1, 0.15) is 6.26 Å². The quantitative estimate of drug-likeness (QED) is 0.669. The van der Waals surface area contributed by atoms with Crippen LogP contribution in [0.15, 0.2) is 16.9 Å². The fourth-order valence-electron chi connectivity index (χ4n) is 0.690. The molecule has 0 radical (unpaired) electrons. The molecule has 2 heterocycles. The van der Waals surface area contributed by atoms with E-state index < -0.39 is 10.8 Å². The largest absolute Gasteiger partial charge is 0.431 e. The Morgan fingerprint density at radius 2 is 2.55 bits per heavy atom. The minimum atomic E-state index is -2.08. The zero-order valence-corrected chi connectivity index (χ0v) is 6.67. The Morgan fingerprint density at radius 1 is 1.82 bits per heavy atom. The minimum absolute atomic E-state index is 0.130. The molecule has 0 amide bonds. The Morgan fingerprint density at radius 3 is 3.00 bits per heavy atom. The van der Waals surface area contributed by atoms with Crippen molar-refractivity contribution in [2.75, 3.05) is 4.72 Å². The molecule has 62 valence electrons. The predicted molar refractivity (Wildman–Crippen MR) is 40.9 cm³/mol. The normalized spacial score (nSPS) is 41.1. The fourth-order valence-corrected chi connectivity index (χ4v) is 1.85. The van der Waals surface area contributed by atoms with E-state index in [1.54, 1.807) is 6.92 Å². The lowest BCUT2D eigenvalue weighted by Crippen LogP contribution is -1.97. The smallest absolute Gasteiger partial charge is 0.313 e. The third kappa shape index (κ3) is 1.20. The number of rotatable bonds is 2. The highest BCUT2D eigenvalue weighted by Crippen LogP contribution is 2.65. The number of hydrogen-bond acceptors (Lipinski definition) is 5. The molecule has 0 saturated carbocycles. The first kappa shape index (κ1) is 6.96. The van der Waals surface area contributed by atoms with Crippen molar-refractivity contribution in [2.24, 2.45) is 0 Å².